The summed E-state index contributed by atoms with van der Waals surface area (Å²) in [5, 5.41) is 0. The third kappa shape index (κ3) is 3.76. The van der Waals surface area contributed by atoms with Gasteiger partial charge in [0.2, 0.25) is 0 Å². The Morgan fingerprint density at radius 3 is 2.79 bits per heavy atom. The number of rotatable bonds is 5. The summed E-state index contributed by atoms with van der Waals surface area (Å²) in [5.74, 6) is 0. The molecule has 0 unspecified atom stereocenters. The van der Waals surface area contributed by atoms with E-state index in [9.17, 15) is 0 Å². The van der Waals surface area contributed by atoms with Crippen molar-refractivity contribution >= 4 is 22.9 Å². The van der Waals surface area contributed by atoms with Crippen LogP contribution in [0, 0.1) is 0 Å². The van der Waals surface area contributed by atoms with Crippen LogP contribution in [0.15, 0.2) is 48.7 Å². The Hall–Kier alpha value is -1.94. The third-order valence-corrected chi connectivity index (χ3v) is 3.24. The van der Waals surface area contributed by atoms with Gasteiger partial charge in [-0.25, -0.2) is 0 Å². The summed E-state index contributed by atoms with van der Waals surface area (Å²) >= 11 is 5.00. The molecule has 0 saturated heterocycles. The summed E-state index contributed by atoms with van der Waals surface area (Å²) < 4.78 is 0. The minimum atomic E-state index is 0.431. The highest BCUT2D eigenvalue weighted by Crippen LogP contribution is 2.15. The van der Waals surface area contributed by atoms with Crippen LogP contribution < -0.4 is 10.6 Å². The molecule has 98 valence electrons. The summed E-state index contributed by atoms with van der Waals surface area (Å²) in [6.07, 6.45) is 2.73. The van der Waals surface area contributed by atoms with Crippen molar-refractivity contribution in [1.29, 1.82) is 0 Å². The van der Waals surface area contributed by atoms with Crippen LogP contribution in [0.25, 0.3) is 0 Å². The van der Waals surface area contributed by atoms with Crippen LogP contribution in [0.2, 0.25) is 0 Å². The van der Waals surface area contributed by atoms with Crippen molar-refractivity contribution in [3.8, 4) is 0 Å². The second-order valence-electron chi connectivity index (χ2n) is 4.41. The minimum absolute atomic E-state index is 0.431. The molecular formula is C15H17N3S. The Bertz CT molecular complexity index is 554. The molecule has 2 aromatic rings. The van der Waals surface area contributed by atoms with Crippen LogP contribution in [0.3, 0.4) is 0 Å². The molecule has 1 aromatic heterocycles. The summed E-state index contributed by atoms with van der Waals surface area (Å²) in [7, 11) is 2.06. The number of likely N-dealkylation sites (N-methyl/N-ethyl adjacent to an activating group) is 1. The maximum Gasteiger partial charge on any atom is 0.104 e. The quantitative estimate of drug-likeness (QED) is 0.848. The second-order valence-corrected chi connectivity index (χ2v) is 4.85. The van der Waals surface area contributed by atoms with Gasteiger partial charge in [-0.1, -0.05) is 30.4 Å². The lowest BCUT2D eigenvalue weighted by Crippen LogP contribution is -2.21. The van der Waals surface area contributed by atoms with Gasteiger partial charge >= 0.3 is 0 Å². The average Bonchev–Trinajstić information content (AvgIpc) is 2.46. The van der Waals surface area contributed by atoms with E-state index in [0.29, 0.717) is 4.99 Å². The summed E-state index contributed by atoms with van der Waals surface area (Å²) in [5.41, 5.74) is 8.76. The van der Waals surface area contributed by atoms with Gasteiger partial charge in [0.05, 0.1) is 0 Å². The first-order chi connectivity index (χ1) is 9.16. The van der Waals surface area contributed by atoms with Gasteiger partial charge in [0.25, 0.3) is 0 Å². The minimum Gasteiger partial charge on any atom is -0.389 e. The zero-order chi connectivity index (χ0) is 13.7. The molecule has 0 aliphatic rings. The number of aromatic nitrogens is 1. The SMILES string of the molecule is CN(CCc1ccccn1)c1cccc(C(N)=S)c1. The number of nitrogens with zero attached hydrogens (tertiary/aromatic N) is 2. The Labute approximate surface area is 119 Å². The van der Waals surface area contributed by atoms with E-state index >= 15 is 0 Å². The Balaban J connectivity index is 2.02. The molecule has 0 fully saturated rings. The molecule has 0 spiro atoms. The van der Waals surface area contributed by atoms with E-state index in [1.807, 2.05) is 42.6 Å². The van der Waals surface area contributed by atoms with Crippen LogP contribution in [0.5, 0.6) is 0 Å². The van der Waals surface area contributed by atoms with Gasteiger partial charge in [0, 0.05) is 43.2 Å². The van der Waals surface area contributed by atoms with Gasteiger partial charge in [-0.3, -0.25) is 4.98 Å². The molecule has 2 N–H and O–H groups in total. The van der Waals surface area contributed by atoms with Crippen molar-refractivity contribution in [2.75, 3.05) is 18.5 Å². The number of pyridine rings is 1. The van der Waals surface area contributed by atoms with Crippen LogP contribution in [0.1, 0.15) is 11.3 Å². The van der Waals surface area contributed by atoms with Crippen LogP contribution in [-0.2, 0) is 6.42 Å². The number of benzene rings is 1. The van der Waals surface area contributed by atoms with E-state index in [1.54, 1.807) is 0 Å². The van der Waals surface area contributed by atoms with Crippen LogP contribution >= 0.6 is 12.2 Å². The zero-order valence-electron chi connectivity index (χ0n) is 10.9. The van der Waals surface area contributed by atoms with Crippen LogP contribution in [-0.4, -0.2) is 23.6 Å². The molecular weight excluding hydrogens is 254 g/mol. The molecule has 0 saturated carbocycles. The molecule has 0 amide bonds. The van der Waals surface area contributed by atoms with Crippen molar-refractivity contribution in [3.63, 3.8) is 0 Å². The molecule has 1 heterocycles. The van der Waals surface area contributed by atoms with E-state index in [2.05, 4.69) is 23.0 Å². The van der Waals surface area contributed by atoms with Gasteiger partial charge in [-0.2, -0.15) is 0 Å². The Morgan fingerprint density at radius 2 is 2.11 bits per heavy atom. The lowest BCUT2D eigenvalue weighted by molar-refractivity contribution is 0.852. The smallest absolute Gasteiger partial charge is 0.104 e. The molecule has 4 heteroatoms. The maximum absolute atomic E-state index is 5.65. The predicted molar refractivity (Wildman–Crippen MR) is 83.5 cm³/mol. The molecule has 0 bridgehead atoms. The lowest BCUT2D eigenvalue weighted by atomic mass is 10.2. The second kappa shape index (κ2) is 6.29. The zero-order valence-corrected chi connectivity index (χ0v) is 11.7. The highest BCUT2D eigenvalue weighted by Gasteiger charge is 2.04. The van der Waals surface area contributed by atoms with Gasteiger partial charge in [-0.15, -0.1) is 0 Å². The first-order valence-corrected chi connectivity index (χ1v) is 6.58. The monoisotopic (exact) mass is 271 g/mol. The van der Waals surface area contributed by atoms with Crippen molar-refractivity contribution in [2.45, 2.75) is 6.42 Å². The van der Waals surface area contributed by atoms with Gasteiger partial charge in [-0.05, 0) is 24.3 Å². The topological polar surface area (TPSA) is 42.2 Å². The normalized spacial score (nSPS) is 10.2. The standard InChI is InChI=1S/C15H17N3S/c1-18(10-8-13-6-2-3-9-17-13)14-7-4-5-12(11-14)15(16)19/h2-7,9,11H,8,10H2,1H3,(H2,16,19). The lowest BCUT2D eigenvalue weighted by Gasteiger charge is -2.19. The first-order valence-electron chi connectivity index (χ1n) is 6.18. The third-order valence-electron chi connectivity index (χ3n) is 3.00. The number of hydrogen-bond donors (Lipinski definition) is 1. The summed E-state index contributed by atoms with van der Waals surface area (Å²) in [6, 6.07) is 14.0. The van der Waals surface area contributed by atoms with E-state index in [1.165, 1.54) is 0 Å². The Morgan fingerprint density at radius 1 is 1.26 bits per heavy atom. The van der Waals surface area contributed by atoms with E-state index < -0.39 is 0 Å². The maximum atomic E-state index is 5.65. The van der Waals surface area contributed by atoms with Crippen molar-refractivity contribution in [2.24, 2.45) is 5.73 Å². The van der Waals surface area contributed by atoms with E-state index in [-0.39, 0.29) is 0 Å². The number of anilines is 1. The van der Waals surface area contributed by atoms with Crippen molar-refractivity contribution < 1.29 is 0 Å². The van der Waals surface area contributed by atoms with Gasteiger partial charge < -0.3 is 10.6 Å². The summed E-state index contributed by atoms with van der Waals surface area (Å²) in [4.78, 5) is 6.93. The number of hydrogen-bond acceptors (Lipinski definition) is 3. The summed E-state index contributed by atoms with van der Waals surface area (Å²) in [6.45, 7) is 0.901. The average molecular weight is 271 g/mol. The number of thiocarbonyl (C=S) groups is 1. The first kappa shape index (κ1) is 13.5. The number of nitrogens with two attached hydrogens (primary N) is 1. The molecule has 0 atom stereocenters. The largest absolute Gasteiger partial charge is 0.389 e. The fraction of sp³-hybridized carbons (Fsp3) is 0.200. The molecule has 0 aliphatic carbocycles. The molecule has 1 aromatic carbocycles. The highest BCUT2D eigenvalue weighted by molar-refractivity contribution is 7.80. The molecule has 19 heavy (non-hydrogen) atoms. The fourth-order valence-electron chi connectivity index (χ4n) is 1.85. The van der Waals surface area contributed by atoms with Crippen LogP contribution in [0.4, 0.5) is 5.69 Å². The fourth-order valence-corrected chi connectivity index (χ4v) is 1.98. The van der Waals surface area contributed by atoms with Crippen molar-refractivity contribution in [1.82, 2.24) is 4.98 Å². The van der Waals surface area contributed by atoms with Crippen molar-refractivity contribution in [3.05, 3.63) is 59.9 Å². The predicted octanol–water partition coefficient (Wildman–Crippen LogP) is 2.39. The Kier molecular flexibility index (Phi) is 4.47. The van der Waals surface area contributed by atoms with Gasteiger partial charge in [0.15, 0.2) is 0 Å². The molecule has 0 aliphatic heterocycles. The molecule has 3 nitrogen and oxygen atoms in total. The molecule has 0 radical (unpaired) electrons. The highest BCUT2D eigenvalue weighted by atomic mass is 32.1. The van der Waals surface area contributed by atoms with Gasteiger partial charge in [0.1, 0.15) is 4.99 Å². The van der Waals surface area contributed by atoms with E-state index in [0.717, 1.165) is 29.9 Å². The molecule has 2 rings (SSSR count). The van der Waals surface area contributed by atoms with E-state index in [4.69, 9.17) is 18.0 Å².